The molecule has 2 aliphatic rings. The van der Waals surface area contributed by atoms with E-state index in [4.69, 9.17) is 14.7 Å². The fraction of sp³-hybridized carbons (Fsp3) is 0.875. The van der Waals surface area contributed by atoms with E-state index in [1.807, 2.05) is 20.8 Å². The fourth-order valence-corrected chi connectivity index (χ4v) is 2.61. The number of piperidine rings is 1. The van der Waals surface area contributed by atoms with Crippen molar-refractivity contribution in [3.05, 3.63) is 0 Å². The maximum atomic E-state index is 12.0. The Morgan fingerprint density at radius 1 is 1.38 bits per heavy atom. The minimum absolute atomic E-state index is 0.0526. The van der Waals surface area contributed by atoms with Crippen LogP contribution in [0.15, 0.2) is 0 Å². The quantitative estimate of drug-likeness (QED) is 0.803. The predicted molar refractivity (Wildman–Crippen MR) is 78.6 cm³/mol. The van der Waals surface area contributed by atoms with Gasteiger partial charge in [-0.15, -0.1) is 0 Å². The molecule has 5 heteroatoms. The lowest BCUT2D eigenvalue weighted by Crippen LogP contribution is -2.43. The Kier molecular flexibility index (Phi) is 4.48. The second kappa shape index (κ2) is 5.84. The number of hydrogen-bond donors (Lipinski definition) is 0. The maximum Gasteiger partial charge on any atom is 0.410 e. The molecule has 21 heavy (non-hydrogen) atoms. The molecule has 0 radical (unpaired) electrons. The number of ether oxygens (including phenoxy) is 2. The van der Waals surface area contributed by atoms with Gasteiger partial charge in [0.05, 0.1) is 24.7 Å². The molecule has 2 unspecified atom stereocenters. The van der Waals surface area contributed by atoms with Crippen LogP contribution in [0.5, 0.6) is 0 Å². The average molecular weight is 294 g/mol. The van der Waals surface area contributed by atoms with Crippen LogP contribution in [-0.2, 0) is 9.47 Å². The van der Waals surface area contributed by atoms with Crippen molar-refractivity contribution in [1.29, 1.82) is 5.26 Å². The van der Waals surface area contributed by atoms with Gasteiger partial charge in [0.25, 0.3) is 0 Å². The van der Waals surface area contributed by atoms with Crippen molar-refractivity contribution in [2.75, 3.05) is 19.7 Å². The molecular formula is C16H26N2O3. The average Bonchev–Trinajstić information content (AvgIpc) is 3.07. The molecule has 0 bridgehead atoms. The monoisotopic (exact) mass is 294 g/mol. The standard InChI is InChI=1S/C16H26N2O3/c1-15(2,3)21-14(19)18-7-5-13(6-8-18)20-11-16(4)9-12(16)10-17/h12-13H,5-9,11H2,1-4H3. The summed E-state index contributed by atoms with van der Waals surface area (Å²) in [5.74, 6) is 0.152. The number of amides is 1. The largest absolute Gasteiger partial charge is 0.444 e. The van der Waals surface area contributed by atoms with E-state index in [9.17, 15) is 4.79 Å². The molecule has 118 valence electrons. The minimum atomic E-state index is -0.447. The molecule has 2 atom stereocenters. The highest BCUT2D eigenvalue weighted by molar-refractivity contribution is 5.68. The van der Waals surface area contributed by atoms with E-state index in [1.165, 1.54) is 0 Å². The first-order valence-corrected chi connectivity index (χ1v) is 7.73. The van der Waals surface area contributed by atoms with E-state index < -0.39 is 5.60 Å². The van der Waals surface area contributed by atoms with Crippen LogP contribution >= 0.6 is 0 Å². The summed E-state index contributed by atoms with van der Waals surface area (Å²) < 4.78 is 11.3. The molecule has 0 aromatic rings. The molecular weight excluding hydrogens is 268 g/mol. The Morgan fingerprint density at radius 3 is 2.48 bits per heavy atom. The zero-order valence-electron chi connectivity index (χ0n) is 13.5. The third-order valence-corrected chi connectivity index (χ3v) is 4.25. The van der Waals surface area contributed by atoms with Gasteiger partial charge in [-0.3, -0.25) is 0 Å². The summed E-state index contributed by atoms with van der Waals surface area (Å²) in [7, 11) is 0. The first-order chi connectivity index (χ1) is 9.73. The highest BCUT2D eigenvalue weighted by atomic mass is 16.6. The van der Waals surface area contributed by atoms with Crippen molar-refractivity contribution in [3.8, 4) is 6.07 Å². The molecule has 5 nitrogen and oxygen atoms in total. The first kappa shape index (κ1) is 16.1. The third-order valence-electron chi connectivity index (χ3n) is 4.25. The SMILES string of the molecule is CC(C)(C)OC(=O)N1CCC(OCC2(C)CC2C#N)CC1. The van der Waals surface area contributed by atoms with Crippen molar-refractivity contribution in [3.63, 3.8) is 0 Å². The lowest BCUT2D eigenvalue weighted by Gasteiger charge is -2.33. The molecule has 1 amide bonds. The summed E-state index contributed by atoms with van der Waals surface area (Å²) in [6.45, 7) is 9.75. The van der Waals surface area contributed by atoms with Crippen LogP contribution in [0.4, 0.5) is 4.79 Å². The molecule has 2 rings (SSSR count). The Labute approximate surface area is 127 Å². The first-order valence-electron chi connectivity index (χ1n) is 7.73. The number of nitrogens with zero attached hydrogens (tertiary/aromatic N) is 2. The van der Waals surface area contributed by atoms with Gasteiger partial charge in [0.1, 0.15) is 5.60 Å². The van der Waals surface area contributed by atoms with E-state index in [0.717, 1.165) is 19.3 Å². The van der Waals surface area contributed by atoms with E-state index in [1.54, 1.807) is 4.90 Å². The normalized spacial score (nSPS) is 29.9. The molecule has 0 aromatic carbocycles. The van der Waals surface area contributed by atoms with Gasteiger partial charge >= 0.3 is 6.09 Å². The maximum absolute atomic E-state index is 12.0. The molecule has 2 fully saturated rings. The highest BCUT2D eigenvalue weighted by Crippen LogP contribution is 2.52. The third kappa shape index (κ3) is 4.34. The number of nitriles is 1. The van der Waals surface area contributed by atoms with Crippen LogP contribution in [0.25, 0.3) is 0 Å². The summed E-state index contributed by atoms with van der Waals surface area (Å²) in [4.78, 5) is 13.7. The molecule has 0 N–H and O–H groups in total. The summed E-state index contributed by atoms with van der Waals surface area (Å²) in [5, 5.41) is 8.90. The minimum Gasteiger partial charge on any atom is -0.444 e. The van der Waals surface area contributed by atoms with Gasteiger partial charge in [0.15, 0.2) is 0 Å². The van der Waals surface area contributed by atoms with E-state index >= 15 is 0 Å². The Morgan fingerprint density at radius 2 is 2.00 bits per heavy atom. The fourth-order valence-electron chi connectivity index (χ4n) is 2.61. The smallest absolute Gasteiger partial charge is 0.410 e. The van der Waals surface area contributed by atoms with Crippen LogP contribution in [0.2, 0.25) is 0 Å². The molecule has 1 saturated carbocycles. The van der Waals surface area contributed by atoms with Crippen molar-refractivity contribution in [1.82, 2.24) is 4.90 Å². The highest BCUT2D eigenvalue weighted by Gasteiger charge is 2.51. The van der Waals surface area contributed by atoms with Gasteiger partial charge in [-0.05, 0) is 40.0 Å². The van der Waals surface area contributed by atoms with Crippen molar-refractivity contribution >= 4 is 6.09 Å². The molecule has 1 aliphatic carbocycles. The molecule has 0 aromatic heterocycles. The van der Waals surface area contributed by atoms with Crippen molar-refractivity contribution in [2.45, 2.75) is 58.7 Å². The van der Waals surface area contributed by atoms with Crippen molar-refractivity contribution < 1.29 is 14.3 Å². The van der Waals surface area contributed by atoms with Crippen LogP contribution in [0.1, 0.15) is 47.0 Å². The molecule has 0 spiro atoms. The van der Waals surface area contributed by atoms with E-state index in [2.05, 4.69) is 13.0 Å². The van der Waals surface area contributed by atoms with Gasteiger partial charge < -0.3 is 14.4 Å². The Balaban J connectivity index is 1.69. The number of likely N-dealkylation sites (tertiary alicyclic amines) is 1. The number of carbonyl (C=O) groups excluding carboxylic acids is 1. The van der Waals surface area contributed by atoms with Crippen molar-refractivity contribution in [2.24, 2.45) is 11.3 Å². The van der Waals surface area contributed by atoms with Crippen LogP contribution < -0.4 is 0 Å². The Bertz CT molecular complexity index is 430. The second-order valence-electron chi connectivity index (χ2n) is 7.52. The predicted octanol–water partition coefficient (Wildman–Crippen LogP) is 2.95. The van der Waals surface area contributed by atoms with Gasteiger partial charge in [-0.2, -0.15) is 5.26 Å². The topological polar surface area (TPSA) is 62.6 Å². The summed E-state index contributed by atoms with van der Waals surface area (Å²) >= 11 is 0. The summed E-state index contributed by atoms with van der Waals surface area (Å²) in [6.07, 6.45) is 2.58. The summed E-state index contributed by atoms with van der Waals surface area (Å²) in [6, 6.07) is 2.31. The lowest BCUT2D eigenvalue weighted by molar-refractivity contribution is -0.0233. The van der Waals surface area contributed by atoms with Gasteiger partial charge in [-0.25, -0.2) is 4.79 Å². The van der Waals surface area contributed by atoms with Crippen LogP contribution in [-0.4, -0.2) is 42.4 Å². The zero-order valence-corrected chi connectivity index (χ0v) is 13.5. The molecule has 1 aliphatic heterocycles. The summed E-state index contributed by atoms with van der Waals surface area (Å²) in [5.41, 5.74) is -0.394. The number of carbonyl (C=O) groups is 1. The van der Waals surface area contributed by atoms with Gasteiger partial charge in [0, 0.05) is 18.5 Å². The van der Waals surface area contributed by atoms with Gasteiger partial charge in [0.2, 0.25) is 0 Å². The number of hydrogen-bond acceptors (Lipinski definition) is 4. The number of rotatable bonds is 3. The van der Waals surface area contributed by atoms with Crippen LogP contribution in [0.3, 0.4) is 0 Å². The lowest BCUT2D eigenvalue weighted by atomic mass is 10.1. The van der Waals surface area contributed by atoms with Crippen LogP contribution in [0, 0.1) is 22.7 Å². The Hall–Kier alpha value is -1.28. The van der Waals surface area contributed by atoms with E-state index in [-0.39, 0.29) is 23.5 Å². The molecule has 1 heterocycles. The zero-order chi connectivity index (χ0) is 15.7. The van der Waals surface area contributed by atoms with E-state index in [0.29, 0.717) is 19.7 Å². The second-order valence-corrected chi connectivity index (χ2v) is 7.52. The molecule has 1 saturated heterocycles. The van der Waals surface area contributed by atoms with Gasteiger partial charge in [-0.1, -0.05) is 6.92 Å².